The van der Waals surface area contributed by atoms with Crippen LogP contribution in [0.2, 0.25) is 10.0 Å². The van der Waals surface area contributed by atoms with Crippen LogP contribution in [0.4, 0.5) is 21.6 Å². The zero-order chi connectivity index (χ0) is 14.7. The molecule has 0 amide bonds. The number of benzene rings is 2. The van der Waals surface area contributed by atoms with Crippen molar-refractivity contribution in [2.24, 2.45) is 0 Å². The average molecular weight is 337 g/mol. The number of anilines is 4. The molecule has 1 heterocycles. The Labute approximate surface area is 135 Å². The lowest BCUT2D eigenvalue weighted by Crippen LogP contribution is -1.90. The predicted molar refractivity (Wildman–Crippen MR) is 89.4 cm³/mol. The molecule has 0 unspecified atom stereocenters. The van der Waals surface area contributed by atoms with Crippen molar-refractivity contribution in [3.63, 3.8) is 0 Å². The van der Waals surface area contributed by atoms with Gasteiger partial charge in [-0.15, -0.1) is 10.2 Å². The van der Waals surface area contributed by atoms with Crippen molar-refractivity contribution in [3.8, 4) is 0 Å². The molecule has 3 aromatic rings. The lowest BCUT2D eigenvalue weighted by atomic mass is 10.3. The maximum atomic E-state index is 6.13. The zero-order valence-corrected chi connectivity index (χ0v) is 13.0. The number of hydrogen-bond acceptors (Lipinski definition) is 5. The van der Waals surface area contributed by atoms with Crippen molar-refractivity contribution in [2.75, 3.05) is 10.6 Å². The average Bonchev–Trinajstić information content (AvgIpc) is 2.92. The second kappa shape index (κ2) is 6.30. The summed E-state index contributed by atoms with van der Waals surface area (Å²) in [5.74, 6) is 0. The summed E-state index contributed by atoms with van der Waals surface area (Å²) in [6.45, 7) is 0. The molecule has 0 saturated carbocycles. The van der Waals surface area contributed by atoms with Crippen LogP contribution in [0, 0.1) is 0 Å². The van der Waals surface area contributed by atoms with Crippen LogP contribution in [0.3, 0.4) is 0 Å². The Morgan fingerprint density at radius 3 is 2.29 bits per heavy atom. The van der Waals surface area contributed by atoms with Crippen molar-refractivity contribution in [1.29, 1.82) is 0 Å². The van der Waals surface area contributed by atoms with E-state index in [1.54, 1.807) is 6.07 Å². The van der Waals surface area contributed by atoms with E-state index in [4.69, 9.17) is 23.2 Å². The summed E-state index contributed by atoms with van der Waals surface area (Å²) < 4.78 is 0. The standard InChI is InChI=1S/C14H10Cl2N4S/c15-10-7-4-8-11(12(10)16)18-14-20-19-13(21-14)17-9-5-2-1-3-6-9/h1-8H,(H,17,19)(H,18,20). The molecule has 0 aliphatic heterocycles. The third-order valence-corrected chi connectivity index (χ3v) is 4.22. The molecule has 4 nitrogen and oxygen atoms in total. The Hall–Kier alpha value is -1.82. The molecule has 0 atom stereocenters. The fraction of sp³-hybridized carbons (Fsp3) is 0. The Balaban J connectivity index is 1.75. The molecule has 0 aliphatic carbocycles. The largest absolute Gasteiger partial charge is 0.330 e. The molecular weight excluding hydrogens is 327 g/mol. The van der Waals surface area contributed by atoms with Crippen LogP contribution >= 0.6 is 34.5 Å². The van der Waals surface area contributed by atoms with Gasteiger partial charge in [0.2, 0.25) is 10.3 Å². The van der Waals surface area contributed by atoms with Crippen molar-refractivity contribution in [2.45, 2.75) is 0 Å². The van der Waals surface area contributed by atoms with Crippen molar-refractivity contribution in [3.05, 3.63) is 58.6 Å². The third kappa shape index (κ3) is 3.44. The smallest absolute Gasteiger partial charge is 0.211 e. The van der Waals surface area contributed by atoms with Gasteiger partial charge < -0.3 is 10.6 Å². The summed E-state index contributed by atoms with van der Waals surface area (Å²) in [5.41, 5.74) is 1.66. The number of hydrogen-bond donors (Lipinski definition) is 2. The summed E-state index contributed by atoms with van der Waals surface area (Å²) in [5, 5.41) is 16.7. The highest BCUT2D eigenvalue weighted by Crippen LogP contribution is 2.33. The molecule has 7 heteroatoms. The highest BCUT2D eigenvalue weighted by Gasteiger charge is 2.08. The lowest BCUT2D eigenvalue weighted by molar-refractivity contribution is 1.09. The van der Waals surface area contributed by atoms with Gasteiger partial charge in [0, 0.05) is 5.69 Å². The van der Waals surface area contributed by atoms with Crippen LogP contribution in [0.5, 0.6) is 0 Å². The van der Waals surface area contributed by atoms with Gasteiger partial charge in [-0.05, 0) is 24.3 Å². The normalized spacial score (nSPS) is 10.4. The van der Waals surface area contributed by atoms with Crippen LogP contribution in [-0.4, -0.2) is 10.2 Å². The molecule has 0 spiro atoms. The van der Waals surface area contributed by atoms with E-state index in [0.29, 0.717) is 26.0 Å². The number of para-hydroxylation sites is 1. The molecule has 21 heavy (non-hydrogen) atoms. The van der Waals surface area contributed by atoms with E-state index in [-0.39, 0.29) is 0 Å². The van der Waals surface area contributed by atoms with Gasteiger partial charge in [-0.25, -0.2) is 0 Å². The summed E-state index contributed by atoms with van der Waals surface area (Å²) in [6.07, 6.45) is 0. The van der Waals surface area contributed by atoms with E-state index in [1.165, 1.54) is 11.3 Å². The Morgan fingerprint density at radius 1 is 0.810 bits per heavy atom. The maximum absolute atomic E-state index is 6.13. The van der Waals surface area contributed by atoms with Crippen LogP contribution in [0.1, 0.15) is 0 Å². The van der Waals surface area contributed by atoms with E-state index < -0.39 is 0 Å². The van der Waals surface area contributed by atoms with Gasteiger partial charge in [0.25, 0.3) is 0 Å². The summed E-state index contributed by atoms with van der Waals surface area (Å²) in [6, 6.07) is 15.2. The third-order valence-electron chi connectivity index (χ3n) is 2.64. The number of rotatable bonds is 4. The van der Waals surface area contributed by atoms with Crippen molar-refractivity contribution in [1.82, 2.24) is 10.2 Å². The van der Waals surface area contributed by atoms with E-state index in [9.17, 15) is 0 Å². The second-order valence-electron chi connectivity index (χ2n) is 4.13. The van der Waals surface area contributed by atoms with E-state index in [0.717, 1.165) is 5.69 Å². The highest BCUT2D eigenvalue weighted by atomic mass is 35.5. The Morgan fingerprint density at radius 2 is 1.52 bits per heavy atom. The first kappa shape index (κ1) is 14.1. The first-order chi connectivity index (χ1) is 10.2. The molecule has 0 aliphatic rings. The minimum atomic E-state index is 0.465. The van der Waals surface area contributed by atoms with Crippen LogP contribution < -0.4 is 10.6 Å². The SMILES string of the molecule is Clc1cccc(Nc2nnc(Nc3ccccc3)s2)c1Cl. The van der Waals surface area contributed by atoms with Crippen LogP contribution in [0.15, 0.2) is 48.5 Å². The minimum Gasteiger partial charge on any atom is -0.330 e. The first-order valence-electron chi connectivity index (χ1n) is 6.09. The molecular formula is C14H10Cl2N4S. The van der Waals surface area contributed by atoms with Gasteiger partial charge in [0.15, 0.2) is 0 Å². The molecule has 3 rings (SSSR count). The summed E-state index contributed by atoms with van der Waals surface area (Å²) in [7, 11) is 0. The van der Waals surface area contributed by atoms with Gasteiger partial charge in [0.05, 0.1) is 15.7 Å². The fourth-order valence-corrected chi connectivity index (χ4v) is 2.71. The molecule has 106 valence electrons. The number of nitrogens with one attached hydrogen (secondary N) is 2. The summed E-state index contributed by atoms with van der Waals surface area (Å²) in [4.78, 5) is 0. The van der Waals surface area contributed by atoms with Gasteiger partial charge in [-0.3, -0.25) is 0 Å². The monoisotopic (exact) mass is 336 g/mol. The minimum absolute atomic E-state index is 0.465. The van der Waals surface area contributed by atoms with E-state index >= 15 is 0 Å². The van der Waals surface area contributed by atoms with Crippen molar-refractivity contribution < 1.29 is 0 Å². The predicted octanol–water partition coefficient (Wildman–Crippen LogP) is 5.33. The highest BCUT2D eigenvalue weighted by molar-refractivity contribution is 7.19. The number of aromatic nitrogens is 2. The topological polar surface area (TPSA) is 49.8 Å². The molecule has 2 N–H and O–H groups in total. The van der Waals surface area contributed by atoms with Crippen LogP contribution in [0.25, 0.3) is 0 Å². The van der Waals surface area contributed by atoms with E-state index in [1.807, 2.05) is 42.5 Å². The van der Waals surface area contributed by atoms with Crippen molar-refractivity contribution >= 4 is 56.2 Å². The number of halogens is 2. The molecule has 2 aromatic carbocycles. The van der Waals surface area contributed by atoms with Gasteiger partial charge in [0.1, 0.15) is 0 Å². The van der Waals surface area contributed by atoms with E-state index in [2.05, 4.69) is 20.8 Å². The zero-order valence-electron chi connectivity index (χ0n) is 10.7. The number of nitrogens with zero attached hydrogens (tertiary/aromatic N) is 2. The van der Waals surface area contributed by atoms with Gasteiger partial charge >= 0.3 is 0 Å². The lowest BCUT2D eigenvalue weighted by Gasteiger charge is -2.05. The maximum Gasteiger partial charge on any atom is 0.211 e. The molecule has 1 aromatic heterocycles. The Bertz CT molecular complexity index is 746. The summed E-state index contributed by atoms with van der Waals surface area (Å²) >= 11 is 13.5. The first-order valence-corrected chi connectivity index (χ1v) is 7.66. The molecule has 0 bridgehead atoms. The Kier molecular flexibility index (Phi) is 4.24. The molecule has 0 radical (unpaired) electrons. The molecule has 0 saturated heterocycles. The van der Waals surface area contributed by atoms with Gasteiger partial charge in [-0.2, -0.15) is 0 Å². The van der Waals surface area contributed by atoms with Crippen LogP contribution in [-0.2, 0) is 0 Å². The quantitative estimate of drug-likeness (QED) is 0.675. The second-order valence-corrected chi connectivity index (χ2v) is 5.89. The van der Waals surface area contributed by atoms with Gasteiger partial charge in [-0.1, -0.05) is 58.8 Å². The fourth-order valence-electron chi connectivity index (χ4n) is 1.68. The molecule has 0 fully saturated rings.